The number of ether oxygens (including phenoxy) is 1. The molecule has 1 aromatic heterocycles. The van der Waals surface area contributed by atoms with Crippen LogP contribution in [-0.2, 0) is 20.7 Å². The smallest absolute Gasteiger partial charge is 0.328 e. The summed E-state index contributed by atoms with van der Waals surface area (Å²) in [5.74, 6) is -1.51. The van der Waals surface area contributed by atoms with Crippen molar-refractivity contribution in [1.82, 2.24) is 15.8 Å². The van der Waals surface area contributed by atoms with Gasteiger partial charge >= 0.3 is 6.03 Å². The number of aromatic nitrogens is 1. The van der Waals surface area contributed by atoms with Gasteiger partial charge < -0.3 is 19.1 Å². The Morgan fingerprint density at radius 3 is 2.72 bits per heavy atom. The third-order valence-corrected chi connectivity index (χ3v) is 6.68. The number of rotatable bonds is 3. The maximum atomic E-state index is 15.8. The summed E-state index contributed by atoms with van der Waals surface area (Å²) in [6.07, 6.45) is 0.220. The molecule has 170 valence electrons. The molecule has 2 N–H and O–H groups in total. The van der Waals surface area contributed by atoms with Crippen molar-refractivity contribution < 1.29 is 28.0 Å². The number of carbonyl (C=O) groups is 3. The van der Waals surface area contributed by atoms with Gasteiger partial charge in [0.1, 0.15) is 0 Å². The van der Waals surface area contributed by atoms with Gasteiger partial charge in [0.2, 0.25) is 17.4 Å². The van der Waals surface area contributed by atoms with Gasteiger partial charge in [0.25, 0.3) is 0 Å². The molecular weight excluding hydrogens is 421 g/mol. The molecule has 0 radical (unpaired) electrons. The van der Waals surface area contributed by atoms with E-state index in [4.69, 9.17) is 9.26 Å². The summed E-state index contributed by atoms with van der Waals surface area (Å²) in [6.45, 7) is 5.03. The lowest BCUT2D eigenvalue weighted by molar-refractivity contribution is -0.151. The Balaban J connectivity index is 1.73. The van der Waals surface area contributed by atoms with E-state index in [-0.39, 0.29) is 24.2 Å². The van der Waals surface area contributed by atoms with E-state index in [0.717, 1.165) is 6.42 Å². The highest BCUT2D eigenvalue weighted by Crippen LogP contribution is 2.49. The molecule has 2 atom stereocenters. The number of barbiturate groups is 1. The van der Waals surface area contributed by atoms with Gasteiger partial charge in [-0.2, -0.15) is 0 Å². The Hall–Kier alpha value is -3.21. The molecule has 4 amide bonds. The van der Waals surface area contributed by atoms with E-state index in [0.29, 0.717) is 29.9 Å². The first-order valence-electron chi connectivity index (χ1n) is 10.7. The van der Waals surface area contributed by atoms with E-state index in [2.05, 4.69) is 15.8 Å². The summed E-state index contributed by atoms with van der Waals surface area (Å²) in [6, 6.07) is 0.0753. The lowest BCUT2D eigenvalue weighted by Gasteiger charge is -2.54. The predicted octanol–water partition coefficient (Wildman–Crippen LogP) is 1.32. The molecule has 0 unspecified atom stereocenters. The van der Waals surface area contributed by atoms with E-state index in [1.165, 1.54) is 0 Å². The highest BCUT2D eigenvalue weighted by Gasteiger charge is 2.62. The van der Waals surface area contributed by atoms with E-state index in [1.54, 1.807) is 17.9 Å². The number of amides is 4. The van der Waals surface area contributed by atoms with Crippen LogP contribution in [0.4, 0.5) is 20.7 Å². The molecule has 4 heterocycles. The summed E-state index contributed by atoms with van der Waals surface area (Å²) in [7, 11) is 1.84. The highest BCUT2D eigenvalue weighted by atomic mass is 19.1. The first-order valence-corrected chi connectivity index (χ1v) is 10.7. The number of fused-ring (bicyclic) bond motifs is 5. The standard InChI is InChI=1S/C21H24FN5O5/c1-4-5-26(3)17-12-8-11-9-21(18(28)23-20(30)24-19(21)29)16-10(2)31-7-6-27(16)14(11)13(22)15(12)32-25-17/h8,10,16H,4-7,9H2,1-3H3,(H2,23,24,28,29,30)/t10-,16+/m0/s1. The number of nitrogens with one attached hydrogen (secondary N) is 2. The Kier molecular flexibility index (Phi) is 4.63. The maximum absolute atomic E-state index is 15.8. The van der Waals surface area contributed by atoms with Crippen LogP contribution in [0, 0.1) is 11.2 Å². The number of benzene rings is 1. The summed E-state index contributed by atoms with van der Waals surface area (Å²) < 4.78 is 27.0. The van der Waals surface area contributed by atoms with Crippen LogP contribution in [0.15, 0.2) is 10.6 Å². The number of morpholine rings is 1. The molecule has 5 rings (SSSR count). The molecule has 0 saturated carbocycles. The number of hydrogen-bond acceptors (Lipinski definition) is 8. The lowest BCUT2D eigenvalue weighted by atomic mass is 9.66. The van der Waals surface area contributed by atoms with Crippen molar-refractivity contribution in [1.29, 1.82) is 0 Å². The number of urea groups is 1. The summed E-state index contributed by atoms with van der Waals surface area (Å²) in [5.41, 5.74) is -0.854. The van der Waals surface area contributed by atoms with Gasteiger partial charge in [-0.3, -0.25) is 20.2 Å². The minimum atomic E-state index is -1.65. The molecule has 2 saturated heterocycles. The lowest BCUT2D eigenvalue weighted by Crippen LogP contribution is -2.74. The maximum Gasteiger partial charge on any atom is 0.328 e. The monoisotopic (exact) mass is 445 g/mol. The molecule has 1 spiro atoms. The van der Waals surface area contributed by atoms with E-state index in [9.17, 15) is 14.4 Å². The van der Waals surface area contributed by atoms with Gasteiger partial charge in [-0.25, -0.2) is 9.18 Å². The van der Waals surface area contributed by atoms with Crippen LogP contribution in [0.1, 0.15) is 25.8 Å². The average molecular weight is 445 g/mol. The van der Waals surface area contributed by atoms with Crippen molar-refractivity contribution >= 4 is 40.3 Å². The fourth-order valence-corrected chi connectivity index (χ4v) is 5.37. The largest absolute Gasteiger partial charge is 0.374 e. The number of imide groups is 2. The zero-order valence-corrected chi connectivity index (χ0v) is 18.0. The molecular formula is C21H24FN5O5. The molecule has 2 fully saturated rings. The van der Waals surface area contributed by atoms with E-state index >= 15 is 4.39 Å². The summed E-state index contributed by atoms with van der Waals surface area (Å²) in [4.78, 5) is 41.7. The quantitative estimate of drug-likeness (QED) is 0.680. The SMILES string of the molecule is CCCN(C)c1noc2c(F)c3c(cc12)CC1(C(=O)NC(=O)NC1=O)[C@H]1[C@H](C)OCCN31. The van der Waals surface area contributed by atoms with Gasteiger partial charge in [-0.05, 0) is 25.0 Å². The molecule has 32 heavy (non-hydrogen) atoms. The third-order valence-electron chi connectivity index (χ3n) is 6.68. The van der Waals surface area contributed by atoms with Crippen LogP contribution in [-0.4, -0.2) is 61.9 Å². The van der Waals surface area contributed by atoms with Crippen molar-refractivity contribution in [2.75, 3.05) is 36.5 Å². The first kappa shape index (κ1) is 20.7. The van der Waals surface area contributed by atoms with Crippen LogP contribution in [0.2, 0.25) is 0 Å². The highest BCUT2D eigenvalue weighted by molar-refractivity contribution is 6.20. The molecule has 11 heteroatoms. The third kappa shape index (κ3) is 2.66. The number of carbonyl (C=O) groups excluding carboxylic acids is 3. The fraction of sp³-hybridized carbons (Fsp3) is 0.524. The van der Waals surface area contributed by atoms with Crippen molar-refractivity contribution in [3.63, 3.8) is 0 Å². The van der Waals surface area contributed by atoms with Crippen LogP contribution >= 0.6 is 0 Å². The van der Waals surface area contributed by atoms with Gasteiger partial charge in [-0.1, -0.05) is 12.1 Å². The summed E-state index contributed by atoms with van der Waals surface area (Å²) >= 11 is 0. The van der Waals surface area contributed by atoms with Gasteiger partial charge in [0.05, 0.1) is 29.8 Å². The van der Waals surface area contributed by atoms with Crippen molar-refractivity contribution in [2.24, 2.45) is 5.41 Å². The Labute approximate surface area is 183 Å². The predicted molar refractivity (Wildman–Crippen MR) is 112 cm³/mol. The average Bonchev–Trinajstić information content (AvgIpc) is 3.16. The molecule has 3 aliphatic rings. The number of hydrogen-bond donors (Lipinski definition) is 2. The molecule has 1 aromatic carbocycles. The zero-order chi connectivity index (χ0) is 22.8. The number of anilines is 2. The second-order valence-corrected chi connectivity index (χ2v) is 8.60. The fourth-order valence-electron chi connectivity index (χ4n) is 5.37. The molecule has 10 nitrogen and oxygen atoms in total. The normalized spacial score (nSPS) is 24.2. The van der Waals surface area contributed by atoms with E-state index < -0.39 is 41.2 Å². The summed E-state index contributed by atoms with van der Waals surface area (Å²) in [5, 5.41) is 8.99. The minimum absolute atomic E-state index is 0.0308. The van der Waals surface area contributed by atoms with Crippen LogP contribution in [0.5, 0.6) is 0 Å². The first-order chi connectivity index (χ1) is 15.3. The topological polar surface area (TPSA) is 117 Å². The van der Waals surface area contributed by atoms with Gasteiger partial charge in [-0.15, -0.1) is 0 Å². The number of halogens is 1. The zero-order valence-electron chi connectivity index (χ0n) is 18.0. The van der Waals surface area contributed by atoms with Gasteiger partial charge in [0.15, 0.2) is 17.1 Å². The van der Waals surface area contributed by atoms with Gasteiger partial charge in [0, 0.05) is 26.6 Å². The van der Waals surface area contributed by atoms with Crippen LogP contribution in [0.25, 0.3) is 11.0 Å². The number of nitrogens with zero attached hydrogens (tertiary/aromatic N) is 3. The second-order valence-electron chi connectivity index (χ2n) is 8.60. The van der Waals surface area contributed by atoms with Crippen molar-refractivity contribution in [2.45, 2.75) is 38.8 Å². The molecule has 2 aromatic rings. The van der Waals surface area contributed by atoms with Crippen molar-refractivity contribution in [3.05, 3.63) is 17.4 Å². The Morgan fingerprint density at radius 2 is 2.03 bits per heavy atom. The van der Waals surface area contributed by atoms with Crippen LogP contribution < -0.4 is 20.4 Å². The molecule has 0 aliphatic carbocycles. The minimum Gasteiger partial charge on any atom is -0.374 e. The van der Waals surface area contributed by atoms with E-state index in [1.807, 2.05) is 18.9 Å². The molecule has 0 bridgehead atoms. The Morgan fingerprint density at radius 1 is 1.31 bits per heavy atom. The molecule has 3 aliphatic heterocycles. The van der Waals surface area contributed by atoms with Crippen LogP contribution in [0.3, 0.4) is 0 Å². The Bertz CT molecular complexity index is 1130. The van der Waals surface area contributed by atoms with Crippen molar-refractivity contribution in [3.8, 4) is 0 Å². The second kappa shape index (κ2) is 7.16.